The first kappa shape index (κ1) is 13.2. The highest BCUT2D eigenvalue weighted by molar-refractivity contribution is 5.56. The molecule has 0 aliphatic carbocycles. The van der Waals surface area contributed by atoms with Crippen LogP contribution in [-0.4, -0.2) is 9.78 Å². The summed E-state index contributed by atoms with van der Waals surface area (Å²) in [7, 11) is 1.85. The molecule has 0 fully saturated rings. The third kappa shape index (κ3) is 2.45. The predicted molar refractivity (Wildman–Crippen MR) is 75.9 cm³/mol. The van der Waals surface area contributed by atoms with Crippen LogP contribution in [0.2, 0.25) is 0 Å². The van der Waals surface area contributed by atoms with Gasteiger partial charge in [-0.1, -0.05) is 24.3 Å². The van der Waals surface area contributed by atoms with Gasteiger partial charge in [-0.15, -0.1) is 0 Å². The van der Waals surface area contributed by atoms with Gasteiger partial charge in [-0.25, -0.2) is 0 Å². The van der Waals surface area contributed by atoms with Crippen molar-refractivity contribution < 1.29 is 0 Å². The largest absolute Gasteiger partial charge is 0.363 e. The fourth-order valence-electron chi connectivity index (χ4n) is 2.31. The first-order valence-electron chi connectivity index (χ1n) is 6.30. The molecule has 1 N–H and O–H groups in total. The maximum atomic E-state index is 9.21. The molecule has 0 bridgehead atoms. The number of benzene rings is 1. The van der Waals surface area contributed by atoms with Gasteiger partial charge in [0.1, 0.15) is 17.5 Å². The number of nitriles is 1. The maximum Gasteiger partial charge on any atom is 0.142 e. The summed E-state index contributed by atoms with van der Waals surface area (Å²) >= 11 is 0. The van der Waals surface area contributed by atoms with Crippen molar-refractivity contribution in [2.45, 2.75) is 26.8 Å². The van der Waals surface area contributed by atoms with E-state index in [2.05, 4.69) is 42.5 Å². The molecule has 0 spiro atoms. The molecule has 1 heterocycles. The molecule has 1 unspecified atom stereocenters. The number of hydrogen-bond donors (Lipinski definition) is 1. The summed E-state index contributed by atoms with van der Waals surface area (Å²) in [6, 6.07) is 10.6. The summed E-state index contributed by atoms with van der Waals surface area (Å²) < 4.78 is 1.72. The summed E-state index contributed by atoms with van der Waals surface area (Å²) in [6.45, 7) is 6.03. The fraction of sp³-hybridized carbons (Fsp3) is 0.333. The van der Waals surface area contributed by atoms with Gasteiger partial charge in [0, 0.05) is 7.05 Å². The van der Waals surface area contributed by atoms with Crippen molar-refractivity contribution in [1.29, 1.82) is 5.26 Å². The lowest BCUT2D eigenvalue weighted by Crippen LogP contribution is -2.12. The molecular formula is C15H18N4. The Morgan fingerprint density at radius 3 is 2.63 bits per heavy atom. The molecule has 1 aromatic heterocycles. The Kier molecular flexibility index (Phi) is 3.57. The van der Waals surface area contributed by atoms with E-state index in [1.54, 1.807) is 4.68 Å². The second-order valence-electron chi connectivity index (χ2n) is 4.77. The minimum absolute atomic E-state index is 0.128. The van der Waals surface area contributed by atoms with Crippen molar-refractivity contribution in [2.75, 3.05) is 5.32 Å². The van der Waals surface area contributed by atoms with Gasteiger partial charge in [0.05, 0.1) is 11.7 Å². The topological polar surface area (TPSA) is 53.6 Å². The van der Waals surface area contributed by atoms with Crippen LogP contribution in [0.4, 0.5) is 5.82 Å². The minimum atomic E-state index is 0.128. The van der Waals surface area contributed by atoms with Gasteiger partial charge in [-0.05, 0) is 31.9 Å². The molecule has 0 amide bonds. The van der Waals surface area contributed by atoms with E-state index in [-0.39, 0.29) is 6.04 Å². The van der Waals surface area contributed by atoms with Crippen molar-refractivity contribution in [1.82, 2.24) is 9.78 Å². The maximum absolute atomic E-state index is 9.21. The Hall–Kier alpha value is -2.28. The molecule has 19 heavy (non-hydrogen) atoms. The van der Waals surface area contributed by atoms with Crippen LogP contribution in [0.1, 0.15) is 35.3 Å². The summed E-state index contributed by atoms with van der Waals surface area (Å²) in [5.41, 5.74) is 3.83. The van der Waals surface area contributed by atoms with Gasteiger partial charge >= 0.3 is 0 Å². The van der Waals surface area contributed by atoms with Crippen LogP contribution >= 0.6 is 0 Å². The Labute approximate surface area is 113 Å². The number of rotatable bonds is 3. The quantitative estimate of drug-likeness (QED) is 0.915. The predicted octanol–water partition coefficient (Wildman–Crippen LogP) is 3.08. The van der Waals surface area contributed by atoms with Crippen LogP contribution in [0.5, 0.6) is 0 Å². The number of aromatic nitrogens is 2. The standard InChI is InChI=1S/C15H18N4/c1-10-7-5-6-8-13(10)11(2)17-15-14(9-16)12(3)18-19(15)4/h5-8,11,17H,1-4H3. The number of aryl methyl sites for hydroxylation is 3. The van der Waals surface area contributed by atoms with Gasteiger partial charge in [0.25, 0.3) is 0 Å². The molecule has 0 aliphatic heterocycles. The van der Waals surface area contributed by atoms with Crippen LogP contribution in [0.3, 0.4) is 0 Å². The second kappa shape index (κ2) is 5.15. The lowest BCUT2D eigenvalue weighted by molar-refractivity contribution is 0.741. The normalized spacial score (nSPS) is 11.9. The molecular weight excluding hydrogens is 236 g/mol. The van der Waals surface area contributed by atoms with E-state index in [0.717, 1.165) is 11.5 Å². The summed E-state index contributed by atoms with van der Waals surface area (Å²) in [6.07, 6.45) is 0. The van der Waals surface area contributed by atoms with E-state index in [0.29, 0.717) is 5.56 Å². The monoisotopic (exact) mass is 254 g/mol. The van der Waals surface area contributed by atoms with E-state index in [9.17, 15) is 5.26 Å². The van der Waals surface area contributed by atoms with Gasteiger partial charge in [-0.2, -0.15) is 10.4 Å². The zero-order valence-corrected chi connectivity index (χ0v) is 11.7. The van der Waals surface area contributed by atoms with Crippen molar-refractivity contribution in [3.63, 3.8) is 0 Å². The molecule has 0 saturated heterocycles. The SMILES string of the molecule is Cc1ccccc1C(C)Nc1c(C#N)c(C)nn1C. The molecule has 4 nitrogen and oxygen atoms in total. The van der Waals surface area contributed by atoms with Crippen molar-refractivity contribution in [2.24, 2.45) is 7.05 Å². The second-order valence-corrected chi connectivity index (χ2v) is 4.77. The van der Waals surface area contributed by atoms with E-state index in [1.807, 2.05) is 26.1 Å². The van der Waals surface area contributed by atoms with Crippen LogP contribution < -0.4 is 5.32 Å². The van der Waals surface area contributed by atoms with Gasteiger partial charge in [-0.3, -0.25) is 4.68 Å². The first-order chi connectivity index (χ1) is 9.04. The third-order valence-corrected chi connectivity index (χ3v) is 3.34. The highest BCUT2D eigenvalue weighted by atomic mass is 15.3. The van der Waals surface area contributed by atoms with Gasteiger partial charge < -0.3 is 5.32 Å². The fourth-order valence-corrected chi connectivity index (χ4v) is 2.31. The highest BCUT2D eigenvalue weighted by Gasteiger charge is 2.16. The molecule has 0 aliphatic rings. The Morgan fingerprint density at radius 2 is 2.00 bits per heavy atom. The summed E-state index contributed by atoms with van der Waals surface area (Å²) in [5.74, 6) is 0.774. The zero-order chi connectivity index (χ0) is 14.0. The van der Waals surface area contributed by atoms with Crippen LogP contribution in [0.15, 0.2) is 24.3 Å². The molecule has 4 heteroatoms. The van der Waals surface area contributed by atoms with Gasteiger partial charge in [0.15, 0.2) is 0 Å². The lowest BCUT2D eigenvalue weighted by Gasteiger charge is -2.18. The van der Waals surface area contributed by atoms with Crippen molar-refractivity contribution in [3.8, 4) is 6.07 Å². The molecule has 1 atom stereocenters. The average molecular weight is 254 g/mol. The zero-order valence-electron chi connectivity index (χ0n) is 11.7. The lowest BCUT2D eigenvalue weighted by atomic mass is 10.0. The van der Waals surface area contributed by atoms with E-state index in [4.69, 9.17) is 0 Å². The Morgan fingerprint density at radius 1 is 1.32 bits per heavy atom. The number of hydrogen-bond acceptors (Lipinski definition) is 3. The summed E-state index contributed by atoms with van der Waals surface area (Å²) in [4.78, 5) is 0. The molecule has 0 radical (unpaired) electrons. The minimum Gasteiger partial charge on any atom is -0.363 e. The van der Waals surface area contributed by atoms with Crippen LogP contribution in [0.25, 0.3) is 0 Å². The van der Waals surface area contributed by atoms with Crippen LogP contribution in [0, 0.1) is 25.2 Å². The van der Waals surface area contributed by atoms with Gasteiger partial charge in [0.2, 0.25) is 0 Å². The number of anilines is 1. The highest BCUT2D eigenvalue weighted by Crippen LogP contribution is 2.25. The molecule has 0 saturated carbocycles. The molecule has 98 valence electrons. The van der Waals surface area contributed by atoms with E-state index < -0.39 is 0 Å². The first-order valence-corrected chi connectivity index (χ1v) is 6.30. The summed E-state index contributed by atoms with van der Waals surface area (Å²) in [5, 5.41) is 16.9. The number of nitrogens with zero attached hydrogens (tertiary/aromatic N) is 3. The molecule has 1 aromatic carbocycles. The van der Waals surface area contributed by atoms with E-state index >= 15 is 0 Å². The third-order valence-electron chi connectivity index (χ3n) is 3.34. The Bertz CT molecular complexity index is 634. The smallest absolute Gasteiger partial charge is 0.142 e. The average Bonchev–Trinajstić information content (AvgIpc) is 2.64. The van der Waals surface area contributed by atoms with Crippen LogP contribution in [-0.2, 0) is 7.05 Å². The molecule has 2 aromatic rings. The van der Waals surface area contributed by atoms with E-state index in [1.165, 1.54) is 11.1 Å². The van der Waals surface area contributed by atoms with Crippen molar-refractivity contribution in [3.05, 3.63) is 46.6 Å². The number of nitrogens with one attached hydrogen (secondary N) is 1. The van der Waals surface area contributed by atoms with Crippen molar-refractivity contribution >= 4 is 5.82 Å². The molecule has 2 rings (SSSR count). The Balaban J connectivity index is 2.32.